The fourth-order valence-electron chi connectivity index (χ4n) is 2.18. The standard InChI is InChI=1S/C13H21NO2/c1-8-7-9(2)11(15-5)12(16-6)10(8)13(3,4)14/h7H,14H2,1-6H3. The van der Waals surface area contributed by atoms with Gasteiger partial charge in [-0.05, 0) is 38.8 Å². The van der Waals surface area contributed by atoms with Crippen molar-refractivity contribution >= 4 is 0 Å². The maximum atomic E-state index is 6.17. The predicted octanol–water partition coefficient (Wildman–Crippen LogP) is 2.51. The van der Waals surface area contributed by atoms with Crippen LogP contribution in [0.5, 0.6) is 11.5 Å². The van der Waals surface area contributed by atoms with Crippen molar-refractivity contribution in [3.8, 4) is 11.5 Å². The maximum absolute atomic E-state index is 6.17. The van der Waals surface area contributed by atoms with E-state index in [0.717, 1.165) is 28.2 Å². The van der Waals surface area contributed by atoms with Crippen LogP contribution in [0.4, 0.5) is 0 Å². The van der Waals surface area contributed by atoms with Crippen molar-refractivity contribution in [2.24, 2.45) is 5.73 Å². The molecule has 0 saturated heterocycles. The number of nitrogens with two attached hydrogens (primary N) is 1. The van der Waals surface area contributed by atoms with Gasteiger partial charge in [0, 0.05) is 11.1 Å². The van der Waals surface area contributed by atoms with E-state index in [1.807, 2.05) is 27.7 Å². The van der Waals surface area contributed by atoms with Crippen LogP contribution in [0, 0.1) is 13.8 Å². The molecule has 0 aliphatic rings. The van der Waals surface area contributed by atoms with Gasteiger partial charge in [-0.1, -0.05) is 6.07 Å². The molecule has 0 atom stereocenters. The van der Waals surface area contributed by atoms with Gasteiger partial charge < -0.3 is 15.2 Å². The van der Waals surface area contributed by atoms with Gasteiger partial charge in [0.1, 0.15) is 0 Å². The summed E-state index contributed by atoms with van der Waals surface area (Å²) in [6, 6.07) is 2.07. The van der Waals surface area contributed by atoms with Gasteiger partial charge in [0.05, 0.1) is 14.2 Å². The largest absolute Gasteiger partial charge is 0.493 e. The molecule has 90 valence electrons. The first-order valence-electron chi connectivity index (χ1n) is 5.34. The van der Waals surface area contributed by atoms with Crippen molar-refractivity contribution in [1.29, 1.82) is 0 Å². The number of rotatable bonds is 3. The Balaban J connectivity index is 3.59. The van der Waals surface area contributed by atoms with Gasteiger partial charge in [-0.15, -0.1) is 0 Å². The van der Waals surface area contributed by atoms with Gasteiger partial charge in [-0.3, -0.25) is 0 Å². The van der Waals surface area contributed by atoms with Gasteiger partial charge in [0.2, 0.25) is 0 Å². The molecule has 0 heterocycles. The second-order valence-electron chi connectivity index (χ2n) is 4.67. The van der Waals surface area contributed by atoms with Crippen LogP contribution >= 0.6 is 0 Å². The van der Waals surface area contributed by atoms with Gasteiger partial charge in [-0.25, -0.2) is 0 Å². The van der Waals surface area contributed by atoms with Crippen LogP contribution in [-0.4, -0.2) is 14.2 Å². The number of aryl methyl sites for hydroxylation is 2. The molecule has 0 radical (unpaired) electrons. The Morgan fingerprint density at radius 2 is 1.50 bits per heavy atom. The lowest BCUT2D eigenvalue weighted by atomic mass is 9.89. The highest BCUT2D eigenvalue weighted by Crippen LogP contribution is 2.40. The minimum absolute atomic E-state index is 0.448. The minimum atomic E-state index is -0.448. The third-order valence-corrected chi connectivity index (χ3v) is 2.67. The molecule has 1 aromatic carbocycles. The van der Waals surface area contributed by atoms with Crippen molar-refractivity contribution in [1.82, 2.24) is 0 Å². The highest BCUT2D eigenvalue weighted by Gasteiger charge is 2.25. The molecule has 0 aliphatic carbocycles. The summed E-state index contributed by atoms with van der Waals surface area (Å²) in [6.07, 6.45) is 0. The van der Waals surface area contributed by atoms with E-state index in [1.165, 1.54) is 0 Å². The zero-order chi connectivity index (χ0) is 12.5. The Labute approximate surface area is 97.6 Å². The molecular weight excluding hydrogens is 202 g/mol. The molecule has 1 aromatic rings. The molecule has 0 spiro atoms. The molecule has 2 N–H and O–H groups in total. The van der Waals surface area contributed by atoms with Crippen LogP contribution in [0.25, 0.3) is 0 Å². The van der Waals surface area contributed by atoms with Gasteiger partial charge in [0.15, 0.2) is 11.5 Å². The summed E-state index contributed by atoms with van der Waals surface area (Å²) in [4.78, 5) is 0. The third kappa shape index (κ3) is 2.14. The smallest absolute Gasteiger partial charge is 0.166 e. The number of hydrogen-bond acceptors (Lipinski definition) is 3. The Hall–Kier alpha value is -1.22. The fraction of sp³-hybridized carbons (Fsp3) is 0.538. The lowest BCUT2D eigenvalue weighted by Crippen LogP contribution is -2.30. The van der Waals surface area contributed by atoms with Crippen molar-refractivity contribution in [2.75, 3.05) is 14.2 Å². The zero-order valence-electron chi connectivity index (χ0n) is 11.0. The van der Waals surface area contributed by atoms with E-state index in [0.29, 0.717) is 0 Å². The molecule has 0 bridgehead atoms. The molecule has 3 nitrogen and oxygen atoms in total. The lowest BCUT2D eigenvalue weighted by molar-refractivity contribution is 0.341. The van der Waals surface area contributed by atoms with Crippen molar-refractivity contribution < 1.29 is 9.47 Å². The van der Waals surface area contributed by atoms with Crippen LogP contribution < -0.4 is 15.2 Å². The number of hydrogen-bond donors (Lipinski definition) is 1. The van der Waals surface area contributed by atoms with Crippen molar-refractivity contribution in [2.45, 2.75) is 33.2 Å². The monoisotopic (exact) mass is 223 g/mol. The van der Waals surface area contributed by atoms with E-state index in [4.69, 9.17) is 15.2 Å². The average Bonchev–Trinajstić information content (AvgIpc) is 2.14. The van der Waals surface area contributed by atoms with E-state index in [2.05, 4.69) is 6.07 Å². The predicted molar refractivity (Wildman–Crippen MR) is 66.2 cm³/mol. The summed E-state index contributed by atoms with van der Waals surface area (Å²) < 4.78 is 10.8. The fourth-order valence-corrected chi connectivity index (χ4v) is 2.18. The first-order valence-corrected chi connectivity index (χ1v) is 5.34. The second kappa shape index (κ2) is 4.34. The number of ether oxygens (including phenoxy) is 2. The SMILES string of the molecule is COc1c(C)cc(C)c(C(C)(C)N)c1OC. The summed E-state index contributed by atoms with van der Waals surface area (Å²) in [6.45, 7) is 7.97. The summed E-state index contributed by atoms with van der Waals surface area (Å²) in [5.74, 6) is 1.51. The molecule has 16 heavy (non-hydrogen) atoms. The molecule has 0 unspecified atom stereocenters. The van der Waals surface area contributed by atoms with E-state index in [1.54, 1.807) is 14.2 Å². The minimum Gasteiger partial charge on any atom is -0.493 e. The number of methoxy groups -OCH3 is 2. The van der Waals surface area contributed by atoms with Gasteiger partial charge in [0.25, 0.3) is 0 Å². The lowest BCUT2D eigenvalue weighted by Gasteiger charge is -2.26. The first kappa shape index (κ1) is 12.8. The number of benzene rings is 1. The van der Waals surface area contributed by atoms with E-state index in [-0.39, 0.29) is 0 Å². The van der Waals surface area contributed by atoms with E-state index < -0.39 is 5.54 Å². The van der Waals surface area contributed by atoms with Crippen LogP contribution in [0.1, 0.15) is 30.5 Å². The Morgan fingerprint density at radius 1 is 1.00 bits per heavy atom. The topological polar surface area (TPSA) is 44.5 Å². The zero-order valence-corrected chi connectivity index (χ0v) is 11.0. The maximum Gasteiger partial charge on any atom is 0.166 e. The summed E-state index contributed by atoms with van der Waals surface area (Å²) in [7, 11) is 3.29. The van der Waals surface area contributed by atoms with Gasteiger partial charge >= 0.3 is 0 Å². The Kier molecular flexibility index (Phi) is 3.48. The van der Waals surface area contributed by atoms with Crippen molar-refractivity contribution in [3.05, 3.63) is 22.8 Å². The molecule has 0 fully saturated rings. The quantitative estimate of drug-likeness (QED) is 0.856. The average molecular weight is 223 g/mol. The van der Waals surface area contributed by atoms with Crippen LogP contribution in [0.2, 0.25) is 0 Å². The second-order valence-corrected chi connectivity index (χ2v) is 4.67. The first-order chi connectivity index (χ1) is 7.32. The summed E-state index contributed by atoms with van der Waals surface area (Å²) in [5, 5.41) is 0. The molecule has 0 aromatic heterocycles. The molecular formula is C13H21NO2. The van der Waals surface area contributed by atoms with Gasteiger partial charge in [-0.2, -0.15) is 0 Å². The Morgan fingerprint density at radius 3 is 1.88 bits per heavy atom. The van der Waals surface area contributed by atoms with Crippen LogP contribution in [-0.2, 0) is 5.54 Å². The van der Waals surface area contributed by atoms with Crippen LogP contribution in [0.3, 0.4) is 0 Å². The van der Waals surface area contributed by atoms with E-state index >= 15 is 0 Å². The summed E-state index contributed by atoms with van der Waals surface area (Å²) in [5.41, 5.74) is 8.91. The Bertz CT molecular complexity index is 392. The highest BCUT2D eigenvalue weighted by molar-refractivity contribution is 5.57. The third-order valence-electron chi connectivity index (χ3n) is 2.67. The summed E-state index contributed by atoms with van der Waals surface area (Å²) >= 11 is 0. The van der Waals surface area contributed by atoms with Crippen LogP contribution in [0.15, 0.2) is 6.07 Å². The molecule has 1 rings (SSSR count). The molecule has 0 saturated carbocycles. The molecule has 0 aliphatic heterocycles. The normalized spacial score (nSPS) is 11.4. The molecule has 0 amide bonds. The highest BCUT2D eigenvalue weighted by atomic mass is 16.5. The van der Waals surface area contributed by atoms with E-state index in [9.17, 15) is 0 Å². The van der Waals surface area contributed by atoms with Crippen molar-refractivity contribution in [3.63, 3.8) is 0 Å². The molecule has 3 heteroatoms.